The summed E-state index contributed by atoms with van der Waals surface area (Å²) in [7, 11) is -3.63. The Morgan fingerprint density at radius 1 is 1.38 bits per heavy atom. The van der Waals surface area contributed by atoms with E-state index in [4.69, 9.17) is 9.84 Å². The summed E-state index contributed by atoms with van der Waals surface area (Å²) < 4.78 is 33.2. The third kappa shape index (κ3) is 4.68. The lowest BCUT2D eigenvalue weighted by Crippen LogP contribution is -2.43. The van der Waals surface area contributed by atoms with E-state index >= 15 is 0 Å². The molecule has 1 aliphatic heterocycles. The number of nitrogens with zero attached hydrogens (tertiary/aromatic N) is 2. The second-order valence-corrected chi connectivity index (χ2v) is 5.97. The number of aliphatic hydroxyl groups excluding tert-OH is 1. The van der Waals surface area contributed by atoms with Crippen LogP contribution in [0.4, 0.5) is 5.82 Å². The molecular formula is C13H17N3O4S. The zero-order valence-electron chi connectivity index (χ0n) is 11.4. The number of nitrogens with one attached hydrogen (secondary N) is 1. The van der Waals surface area contributed by atoms with Gasteiger partial charge in [0, 0.05) is 19.5 Å². The van der Waals surface area contributed by atoms with Crippen LogP contribution in [0.3, 0.4) is 0 Å². The molecule has 0 aliphatic carbocycles. The van der Waals surface area contributed by atoms with Crippen LogP contribution in [0.2, 0.25) is 0 Å². The topological polar surface area (TPSA) is 91.8 Å². The van der Waals surface area contributed by atoms with Crippen molar-refractivity contribution < 1.29 is 18.3 Å². The Balaban J connectivity index is 2.08. The van der Waals surface area contributed by atoms with Crippen LogP contribution < -0.4 is 4.72 Å². The molecule has 0 aromatic carbocycles. The molecule has 2 heterocycles. The van der Waals surface area contributed by atoms with Crippen LogP contribution in [0, 0.1) is 11.8 Å². The maximum atomic E-state index is 12.2. The third-order valence-corrected chi connectivity index (χ3v) is 4.26. The Labute approximate surface area is 124 Å². The first kappa shape index (κ1) is 15.7. The number of rotatable bonds is 4. The van der Waals surface area contributed by atoms with Gasteiger partial charge in [0.25, 0.3) is 0 Å². The van der Waals surface area contributed by atoms with Gasteiger partial charge in [0.2, 0.25) is 0 Å². The molecule has 1 aromatic heterocycles. The van der Waals surface area contributed by atoms with E-state index in [1.165, 1.54) is 4.31 Å². The molecule has 2 N–H and O–H groups in total. The van der Waals surface area contributed by atoms with Crippen molar-refractivity contribution in [1.82, 2.24) is 9.29 Å². The molecule has 114 valence electrons. The van der Waals surface area contributed by atoms with Gasteiger partial charge in [-0.05, 0) is 18.1 Å². The van der Waals surface area contributed by atoms with Crippen molar-refractivity contribution in [3.05, 3.63) is 23.9 Å². The summed E-state index contributed by atoms with van der Waals surface area (Å²) in [5.74, 6) is 5.72. The van der Waals surface area contributed by atoms with Crippen molar-refractivity contribution in [2.45, 2.75) is 6.42 Å². The first-order valence-corrected chi connectivity index (χ1v) is 7.98. The molecule has 21 heavy (non-hydrogen) atoms. The number of ether oxygens (including phenoxy) is 1. The fourth-order valence-electron chi connectivity index (χ4n) is 1.75. The smallest absolute Gasteiger partial charge is 0.302 e. The molecule has 1 fully saturated rings. The summed E-state index contributed by atoms with van der Waals surface area (Å²) in [5.41, 5.74) is 0.450. The molecule has 0 spiro atoms. The van der Waals surface area contributed by atoms with E-state index in [-0.39, 0.29) is 12.4 Å². The van der Waals surface area contributed by atoms with Crippen molar-refractivity contribution in [3.8, 4) is 11.8 Å². The van der Waals surface area contributed by atoms with Crippen molar-refractivity contribution in [1.29, 1.82) is 0 Å². The number of morpholine rings is 1. The standard InChI is InChI=1S/C13H17N3O4S/c17-9-2-1-4-12-5-3-6-13(14-12)15-21(18,19)16-7-10-20-11-8-16/h3,5-6,17H,2,7-11H2,(H,14,15). The van der Waals surface area contributed by atoms with Crippen LogP contribution in [0.1, 0.15) is 12.1 Å². The molecule has 0 amide bonds. The van der Waals surface area contributed by atoms with Crippen molar-refractivity contribution in [2.24, 2.45) is 0 Å². The molecule has 1 aromatic rings. The van der Waals surface area contributed by atoms with E-state index < -0.39 is 10.2 Å². The van der Waals surface area contributed by atoms with Gasteiger partial charge in [-0.25, -0.2) is 4.98 Å². The number of hydrogen-bond acceptors (Lipinski definition) is 5. The fourth-order valence-corrected chi connectivity index (χ4v) is 2.89. The SMILES string of the molecule is O=S(=O)(Nc1cccc(C#CCCO)n1)N1CCOCC1. The minimum atomic E-state index is -3.63. The van der Waals surface area contributed by atoms with Crippen LogP contribution in [0.25, 0.3) is 0 Å². The lowest BCUT2D eigenvalue weighted by atomic mass is 10.3. The van der Waals surface area contributed by atoms with E-state index in [0.29, 0.717) is 38.4 Å². The fraction of sp³-hybridized carbons (Fsp3) is 0.462. The number of hydrogen-bond donors (Lipinski definition) is 2. The first-order chi connectivity index (χ1) is 10.1. The summed E-state index contributed by atoms with van der Waals surface area (Å²) in [4.78, 5) is 4.12. The molecule has 0 bridgehead atoms. The van der Waals surface area contributed by atoms with E-state index in [0.717, 1.165) is 0 Å². The molecule has 0 unspecified atom stereocenters. The Kier molecular flexibility index (Phi) is 5.52. The van der Waals surface area contributed by atoms with E-state index in [1.54, 1.807) is 18.2 Å². The van der Waals surface area contributed by atoms with E-state index in [2.05, 4.69) is 21.5 Å². The first-order valence-electron chi connectivity index (χ1n) is 6.54. The van der Waals surface area contributed by atoms with E-state index in [9.17, 15) is 8.42 Å². The van der Waals surface area contributed by atoms with Crippen LogP contribution >= 0.6 is 0 Å². The highest BCUT2D eigenvalue weighted by atomic mass is 32.2. The van der Waals surface area contributed by atoms with Gasteiger partial charge in [0.05, 0.1) is 19.8 Å². The zero-order valence-corrected chi connectivity index (χ0v) is 12.3. The maximum absolute atomic E-state index is 12.2. The average Bonchev–Trinajstić information content (AvgIpc) is 2.48. The molecule has 1 saturated heterocycles. The minimum absolute atomic E-state index is 0.0175. The minimum Gasteiger partial charge on any atom is -0.395 e. The Hall–Kier alpha value is -1.66. The predicted molar refractivity (Wildman–Crippen MR) is 77.8 cm³/mol. The van der Waals surface area contributed by atoms with Gasteiger partial charge >= 0.3 is 10.2 Å². The van der Waals surface area contributed by atoms with Gasteiger partial charge < -0.3 is 9.84 Å². The quantitative estimate of drug-likeness (QED) is 0.752. The molecule has 0 radical (unpaired) electrons. The molecule has 8 heteroatoms. The average molecular weight is 311 g/mol. The van der Waals surface area contributed by atoms with Gasteiger partial charge in [0.1, 0.15) is 11.5 Å². The number of pyridine rings is 1. The van der Waals surface area contributed by atoms with Gasteiger partial charge in [-0.1, -0.05) is 12.0 Å². The van der Waals surface area contributed by atoms with Gasteiger partial charge in [-0.3, -0.25) is 4.72 Å². The van der Waals surface area contributed by atoms with Gasteiger partial charge in [0.15, 0.2) is 0 Å². The number of anilines is 1. The maximum Gasteiger partial charge on any atom is 0.302 e. The highest BCUT2D eigenvalue weighted by Gasteiger charge is 2.24. The largest absolute Gasteiger partial charge is 0.395 e. The molecule has 0 saturated carbocycles. The normalized spacial score (nSPS) is 16.0. The summed E-state index contributed by atoms with van der Waals surface area (Å²) in [5, 5.41) is 8.67. The summed E-state index contributed by atoms with van der Waals surface area (Å²) in [6.45, 7) is 1.41. The van der Waals surface area contributed by atoms with Crippen LogP contribution in [0.15, 0.2) is 18.2 Å². The van der Waals surface area contributed by atoms with E-state index in [1.807, 2.05) is 0 Å². The molecular weight excluding hydrogens is 294 g/mol. The molecule has 2 rings (SSSR count). The summed E-state index contributed by atoms with van der Waals surface area (Å²) in [6, 6.07) is 4.92. The van der Waals surface area contributed by atoms with Crippen molar-refractivity contribution >= 4 is 16.0 Å². The predicted octanol–water partition coefficient (Wildman–Crippen LogP) is -0.196. The Bertz CT molecular complexity index is 630. The Morgan fingerprint density at radius 2 is 2.14 bits per heavy atom. The highest BCUT2D eigenvalue weighted by Crippen LogP contribution is 2.11. The van der Waals surface area contributed by atoms with Crippen LogP contribution in [-0.2, 0) is 14.9 Å². The zero-order chi connectivity index (χ0) is 15.1. The second kappa shape index (κ2) is 7.38. The monoisotopic (exact) mass is 311 g/mol. The molecule has 0 atom stereocenters. The number of aromatic nitrogens is 1. The van der Waals surface area contributed by atoms with Crippen molar-refractivity contribution in [3.63, 3.8) is 0 Å². The Morgan fingerprint density at radius 3 is 2.86 bits per heavy atom. The highest BCUT2D eigenvalue weighted by molar-refractivity contribution is 7.90. The summed E-state index contributed by atoms with van der Waals surface area (Å²) in [6.07, 6.45) is 0.353. The van der Waals surface area contributed by atoms with Gasteiger partial charge in [-0.15, -0.1) is 0 Å². The van der Waals surface area contributed by atoms with Crippen LogP contribution in [0.5, 0.6) is 0 Å². The van der Waals surface area contributed by atoms with Crippen LogP contribution in [-0.4, -0.2) is 55.7 Å². The van der Waals surface area contributed by atoms with Crippen molar-refractivity contribution in [2.75, 3.05) is 37.6 Å². The van der Waals surface area contributed by atoms with Gasteiger partial charge in [-0.2, -0.15) is 12.7 Å². The lowest BCUT2D eigenvalue weighted by Gasteiger charge is -2.26. The molecule has 7 nitrogen and oxygen atoms in total. The molecule has 1 aliphatic rings. The third-order valence-electron chi connectivity index (χ3n) is 2.75. The number of aliphatic hydroxyl groups is 1. The lowest BCUT2D eigenvalue weighted by molar-refractivity contribution is 0.0733. The second-order valence-electron chi connectivity index (χ2n) is 4.30. The summed E-state index contributed by atoms with van der Waals surface area (Å²) >= 11 is 0.